The second kappa shape index (κ2) is 6.08. The van der Waals surface area contributed by atoms with Gasteiger partial charge in [0.1, 0.15) is 0 Å². The average Bonchev–Trinajstić information content (AvgIpc) is 2.21. The Bertz CT molecular complexity index is 354. The molecule has 0 saturated heterocycles. The van der Waals surface area contributed by atoms with Crippen LogP contribution in [0.3, 0.4) is 0 Å². The van der Waals surface area contributed by atoms with Crippen LogP contribution >= 0.6 is 23.2 Å². The van der Waals surface area contributed by atoms with E-state index < -0.39 is 0 Å². The molecular weight excluding hydrogens is 253 g/mol. The number of halogens is 2. The second-order valence-electron chi connectivity index (χ2n) is 5.05. The van der Waals surface area contributed by atoms with Crippen LogP contribution in [-0.4, -0.2) is 12.6 Å². The topological polar surface area (TPSA) is 12.0 Å². The van der Waals surface area contributed by atoms with E-state index in [1.165, 1.54) is 19.3 Å². The Labute approximate surface area is 114 Å². The summed E-state index contributed by atoms with van der Waals surface area (Å²) in [5.41, 5.74) is 1.08. The smallest absolute Gasteiger partial charge is 0.0452 e. The summed E-state index contributed by atoms with van der Waals surface area (Å²) in [6.07, 6.45) is 4.99. The highest BCUT2D eigenvalue weighted by Crippen LogP contribution is 2.27. The molecule has 1 fully saturated rings. The Morgan fingerprint density at radius 2 is 1.94 bits per heavy atom. The third-order valence-electron chi connectivity index (χ3n) is 3.47. The Balaban J connectivity index is 1.86. The van der Waals surface area contributed by atoms with Crippen LogP contribution in [0.25, 0.3) is 0 Å². The van der Waals surface area contributed by atoms with Gasteiger partial charge < -0.3 is 5.32 Å². The minimum absolute atomic E-state index is 0.563. The molecule has 1 aromatic rings. The van der Waals surface area contributed by atoms with Crippen molar-refractivity contribution >= 4 is 23.2 Å². The molecule has 1 aliphatic carbocycles. The fourth-order valence-corrected chi connectivity index (χ4v) is 2.68. The first-order chi connectivity index (χ1) is 8.16. The molecule has 0 spiro atoms. The summed E-state index contributed by atoms with van der Waals surface area (Å²) in [5.74, 6) is 0.563. The van der Waals surface area contributed by atoms with Gasteiger partial charge >= 0.3 is 0 Å². The zero-order chi connectivity index (χ0) is 12.3. The third-order valence-corrected chi connectivity index (χ3v) is 4.18. The Hall–Kier alpha value is -0.240. The third kappa shape index (κ3) is 3.61. The minimum atomic E-state index is 0.563. The van der Waals surface area contributed by atoms with Crippen LogP contribution in [0.2, 0.25) is 10.0 Å². The van der Waals surface area contributed by atoms with Crippen LogP contribution < -0.4 is 5.32 Å². The van der Waals surface area contributed by atoms with E-state index in [2.05, 4.69) is 12.2 Å². The molecule has 1 aliphatic rings. The van der Waals surface area contributed by atoms with Crippen LogP contribution in [0.1, 0.15) is 31.7 Å². The van der Waals surface area contributed by atoms with Crippen molar-refractivity contribution in [1.82, 2.24) is 5.32 Å². The summed E-state index contributed by atoms with van der Waals surface area (Å²) < 4.78 is 0. The molecule has 1 nitrogen and oxygen atoms in total. The maximum absolute atomic E-state index is 6.17. The second-order valence-corrected chi connectivity index (χ2v) is 5.86. The highest BCUT2D eigenvalue weighted by molar-refractivity contribution is 6.35. The van der Waals surface area contributed by atoms with Crippen molar-refractivity contribution in [3.05, 3.63) is 33.8 Å². The average molecular weight is 272 g/mol. The summed E-state index contributed by atoms with van der Waals surface area (Å²) in [5, 5.41) is 5.16. The van der Waals surface area contributed by atoms with Crippen LogP contribution in [0.4, 0.5) is 0 Å². The molecule has 94 valence electrons. The normalized spacial score (nSPS) is 17.8. The van der Waals surface area contributed by atoms with Crippen LogP contribution in [0.15, 0.2) is 18.2 Å². The number of hydrogen-bond acceptors (Lipinski definition) is 1. The van der Waals surface area contributed by atoms with Gasteiger partial charge in [-0.05, 0) is 49.4 Å². The SMILES string of the molecule is CC(CNC1CCC1)Cc1c(Cl)cccc1Cl. The standard InChI is InChI=1S/C14H19Cl2N/c1-10(9-17-11-4-2-5-11)8-12-13(15)6-3-7-14(12)16/h3,6-7,10-11,17H,2,4-5,8-9H2,1H3. The van der Waals surface area contributed by atoms with Crippen molar-refractivity contribution < 1.29 is 0 Å². The molecule has 17 heavy (non-hydrogen) atoms. The molecule has 0 radical (unpaired) electrons. The molecule has 2 rings (SSSR count). The zero-order valence-electron chi connectivity index (χ0n) is 10.2. The van der Waals surface area contributed by atoms with Gasteiger partial charge in [-0.2, -0.15) is 0 Å². The highest BCUT2D eigenvalue weighted by atomic mass is 35.5. The molecule has 0 aliphatic heterocycles. The minimum Gasteiger partial charge on any atom is -0.314 e. The summed E-state index contributed by atoms with van der Waals surface area (Å²) in [6, 6.07) is 6.47. The van der Waals surface area contributed by atoms with E-state index in [1.807, 2.05) is 18.2 Å². The fraction of sp³-hybridized carbons (Fsp3) is 0.571. The number of hydrogen-bond donors (Lipinski definition) is 1. The van der Waals surface area contributed by atoms with Gasteiger partial charge in [-0.15, -0.1) is 0 Å². The van der Waals surface area contributed by atoms with Gasteiger partial charge in [0.15, 0.2) is 0 Å². The molecule has 0 aromatic heterocycles. The number of nitrogens with one attached hydrogen (secondary N) is 1. The lowest BCUT2D eigenvalue weighted by Crippen LogP contribution is -2.38. The van der Waals surface area contributed by atoms with Crippen LogP contribution in [-0.2, 0) is 6.42 Å². The molecule has 0 heterocycles. The summed E-state index contributed by atoms with van der Waals surface area (Å²) in [7, 11) is 0. The quantitative estimate of drug-likeness (QED) is 0.842. The molecule has 1 aromatic carbocycles. The fourth-order valence-electron chi connectivity index (χ4n) is 2.13. The van der Waals surface area contributed by atoms with Crippen LogP contribution in [0.5, 0.6) is 0 Å². The first-order valence-corrected chi connectivity index (χ1v) is 7.08. The Morgan fingerprint density at radius 3 is 2.47 bits per heavy atom. The highest BCUT2D eigenvalue weighted by Gasteiger charge is 2.18. The lowest BCUT2D eigenvalue weighted by Gasteiger charge is -2.28. The number of benzene rings is 1. The van der Waals surface area contributed by atoms with Gasteiger partial charge in [-0.3, -0.25) is 0 Å². The predicted molar refractivity (Wildman–Crippen MR) is 75.0 cm³/mol. The van der Waals surface area contributed by atoms with E-state index in [0.29, 0.717) is 5.92 Å². The molecular formula is C14H19Cl2N. The van der Waals surface area contributed by atoms with E-state index in [-0.39, 0.29) is 0 Å². The summed E-state index contributed by atoms with van der Waals surface area (Å²) in [6.45, 7) is 3.29. The maximum Gasteiger partial charge on any atom is 0.0452 e. The van der Waals surface area contributed by atoms with Crippen molar-refractivity contribution in [1.29, 1.82) is 0 Å². The predicted octanol–water partition coefficient (Wildman–Crippen LogP) is 4.31. The monoisotopic (exact) mass is 271 g/mol. The van der Waals surface area contributed by atoms with Crippen molar-refractivity contribution in [2.75, 3.05) is 6.54 Å². The first kappa shape index (κ1) is 13.2. The zero-order valence-corrected chi connectivity index (χ0v) is 11.7. The van der Waals surface area contributed by atoms with Crippen molar-refractivity contribution in [3.63, 3.8) is 0 Å². The molecule has 0 amide bonds. The molecule has 1 saturated carbocycles. The van der Waals surface area contributed by atoms with Crippen molar-refractivity contribution in [3.8, 4) is 0 Å². The lowest BCUT2D eigenvalue weighted by atomic mass is 9.92. The molecule has 0 bridgehead atoms. The first-order valence-electron chi connectivity index (χ1n) is 6.33. The molecule has 3 heteroatoms. The van der Waals surface area contributed by atoms with Gasteiger partial charge in [0.2, 0.25) is 0 Å². The molecule has 1 atom stereocenters. The number of rotatable bonds is 5. The lowest BCUT2D eigenvalue weighted by molar-refractivity contribution is 0.320. The van der Waals surface area contributed by atoms with E-state index >= 15 is 0 Å². The van der Waals surface area contributed by atoms with Gasteiger partial charge in [0.05, 0.1) is 0 Å². The van der Waals surface area contributed by atoms with E-state index in [0.717, 1.165) is 34.6 Å². The molecule has 1 N–H and O–H groups in total. The van der Waals surface area contributed by atoms with Gasteiger partial charge in [0, 0.05) is 16.1 Å². The van der Waals surface area contributed by atoms with Crippen molar-refractivity contribution in [2.45, 2.75) is 38.6 Å². The van der Waals surface area contributed by atoms with E-state index in [4.69, 9.17) is 23.2 Å². The van der Waals surface area contributed by atoms with E-state index in [1.54, 1.807) is 0 Å². The van der Waals surface area contributed by atoms with Gasteiger partial charge in [-0.25, -0.2) is 0 Å². The summed E-state index contributed by atoms with van der Waals surface area (Å²) in [4.78, 5) is 0. The Morgan fingerprint density at radius 1 is 1.29 bits per heavy atom. The maximum atomic E-state index is 6.17. The van der Waals surface area contributed by atoms with Crippen molar-refractivity contribution in [2.24, 2.45) is 5.92 Å². The van der Waals surface area contributed by atoms with Gasteiger partial charge in [0.25, 0.3) is 0 Å². The van der Waals surface area contributed by atoms with Gasteiger partial charge in [-0.1, -0.05) is 42.6 Å². The van der Waals surface area contributed by atoms with Crippen LogP contribution in [0, 0.1) is 5.92 Å². The summed E-state index contributed by atoms with van der Waals surface area (Å²) >= 11 is 12.3. The van der Waals surface area contributed by atoms with E-state index in [9.17, 15) is 0 Å². The largest absolute Gasteiger partial charge is 0.314 e. The molecule has 1 unspecified atom stereocenters. The Kier molecular flexibility index (Phi) is 4.72.